The third-order valence-corrected chi connectivity index (χ3v) is 6.38. The van der Waals surface area contributed by atoms with E-state index in [1.165, 1.54) is 5.56 Å². The molecule has 8 heteroatoms. The number of benzene rings is 2. The number of rotatable bonds is 6. The summed E-state index contributed by atoms with van der Waals surface area (Å²) in [6, 6.07) is 13.6. The van der Waals surface area contributed by atoms with Crippen LogP contribution in [0, 0.1) is 12.8 Å². The molecule has 2 heterocycles. The van der Waals surface area contributed by atoms with E-state index in [0.717, 1.165) is 25.1 Å². The Bertz CT molecular complexity index is 1080. The molecule has 1 saturated heterocycles. The number of hydrogen-bond acceptors (Lipinski definition) is 5. The molecule has 1 fully saturated rings. The second kappa shape index (κ2) is 9.92. The minimum Gasteiger partial charge on any atom is -0.371 e. The molecule has 0 aliphatic carbocycles. The molecule has 0 spiro atoms. The zero-order chi connectivity index (χ0) is 22.7. The van der Waals surface area contributed by atoms with Gasteiger partial charge in [0.05, 0.1) is 17.5 Å². The Hall–Kier alpha value is -2.57. The molecule has 3 aromatic rings. The Morgan fingerprint density at radius 1 is 1.22 bits per heavy atom. The third kappa shape index (κ3) is 5.08. The molecule has 6 nitrogen and oxygen atoms in total. The number of piperidine rings is 1. The average Bonchev–Trinajstić information content (AvgIpc) is 3.26. The van der Waals surface area contributed by atoms with E-state index < -0.39 is 0 Å². The summed E-state index contributed by atoms with van der Waals surface area (Å²) in [5, 5.41) is 5.02. The van der Waals surface area contributed by atoms with Crippen molar-refractivity contribution in [2.45, 2.75) is 33.2 Å². The fourth-order valence-corrected chi connectivity index (χ4v) is 4.53. The molecular weight excluding hydrogens is 447 g/mol. The molecule has 0 bridgehead atoms. The van der Waals surface area contributed by atoms with Crippen LogP contribution < -0.4 is 4.90 Å². The monoisotopic (exact) mass is 472 g/mol. The van der Waals surface area contributed by atoms with Crippen LogP contribution in [0.15, 0.2) is 47.0 Å². The van der Waals surface area contributed by atoms with Gasteiger partial charge in [0.1, 0.15) is 0 Å². The normalized spacial score (nSPS) is 16.2. The summed E-state index contributed by atoms with van der Waals surface area (Å²) in [5.74, 6) is 0.826. The second-order valence-corrected chi connectivity index (χ2v) is 8.95. The third-order valence-electron chi connectivity index (χ3n) is 5.83. The molecule has 0 radical (unpaired) electrons. The zero-order valence-corrected chi connectivity index (χ0v) is 19.7. The minimum atomic E-state index is -0.0573. The summed E-state index contributed by atoms with van der Waals surface area (Å²) in [5.41, 5.74) is 3.04. The summed E-state index contributed by atoms with van der Waals surface area (Å²) in [4.78, 5) is 21.8. The van der Waals surface area contributed by atoms with Crippen molar-refractivity contribution in [1.82, 2.24) is 15.0 Å². The van der Waals surface area contributed by atoms with Crippen LogP contribution in [-0.4, -0.2) is 40.6 Å². The lowest BCUT2D eigenvalue weighted by molar-refractivity contribution is -0.136. The van der Waals surface area contributed by atoms with Crippen LogP contribution in [0.3, 0.4) is 0 Å². The predicted molar refractivity (Wildman–Crippen MR) is 127 cm³/mol. The second-order valence-electron chi connectivity index (χ2n) is 8.11. The fourth-order valence-electron chi connectivity index (χ4n) is 4.04. The Kier molecular flexibility index (Phi) is 7.01. The summed E-state index contributed by atoms with van der Waals surface area (Å²) >= 11 is 12.2. The van der Waals surface area contributed by atoms with Crippen molar-refractivity contribution >= 4 is 34.8 Å². The smallest absolute Gasteiger partial charge is 0.246 e. The Balaban J connectivity index is 1.44. The molecular formula is C24H26Cl2N4O2. The molecule has 0 saturated carbocycles. The van der Waals surface area contributed by atoms with Crippen LogP contribution in [0.4, 0.5) is 5.69 Å². The van der Waals surface area contributed by atoms with Gasteiger partial charge in [-0.1, -0.05) is 46.1 Å². The van der Waals surface area contributed by atoms with Gasteiger partial charge in [-0.25, -0.2) is 0 Å². The largest absolute Gasteiger partial charge is 0.371 e. The van der Waals surface area contributed by atoms with Crippen molar-refractivity contribution in [3.63, 3.8) is 0 Å². The summed E-state index contributed by atoms with van der Waals surface area (Å²) in [6.45, 7) is 6.57. The van der Waals surface area contributed by atoms with Crippen LogP contribution in [0.5, 0.6) is 0 Å². The van der Waals surface area contributed by atoms with Gasteiger partial charge in [0.2, 0.25) is 17.6 Å². The molecule has 168 valence electrons. The molecule has 1 amide bonds. The first-order valence-corrected chi connectivity index (χ1v) is 11.6. The van der Waals surface area contributed by atoms with Gasteiger partial charge in [-0.15, -0.1) is 0 Å². The summed E-state index contributed by atoms with van der Waals surface area (Å²) < 4.78 is 5.42. The van der Waals surface area contributed by atoms with Gasteiger partial charge in [-0.3, -0.25) is 4.79 Å². The molecule has 0 unspecified atom stereocenters. The van der Waals surface area contributed by atoms with Gasteiger partial charge >= 0.3 is 0 Å². The fraction of sp³-hybridized carbons (Fsp3) is 0.375. The van der Waals surface area contributed by atoms with Gasteiger partial charge in [0, 0.05) is 35.9 Å². The van der Waals surface area contributed by atoms with Crippen molar-refractivity contribution in [3.8, 4) is 11.4 Å². The zero-order valence-electron chi connectivity index (χ0n) is 18.2. The molecule has 4 rings (SSSR count). The lowest BCUT2D eigenvalue weighted by atomic mass is 9.95. The van der Waals surface area contributed by atoms with Crippen molar-refractivity contribution in [3.05, 3.63) is 64.0 Å². The quantitative estimate of drug-likeness (QED) is 0.465. The van der Waals surface area contributed by atoms with Gasteiger partial charge < -0.3 is 14.3 Å². The van der Waals surface area contributed by atoms with Crippen molar-refractivity contribution in [2.75, 3.05) is 24.5 Å². The van der Waals surface area contributed by atoms with Crippen molar-refractivity contribution in [1.29, 1.82) is 0 Å². The van der Waals surface area contributed by atoms with E-state index in [4.69, 9.17) is 27.7 Å². The molecule has 32 heavy (non-hydrogen) atoms. The lowest BCUT2D eigenvalue weighted by Gasteiger charge is -2.35. The molecule has 0 N–H and O–H groups in total. The lowest BCUT2D eigenvalue weighted by Crippen LogP contribution is -2.44. The number of halogens is 2. The Labute approximate surface area is 198 Å². The van der Waals surface area contributed by atoms with Crippen LogP contribution in [0.25, 0.3) is 11.4 Å². The number of carbonyl (C=O) groups is 1. The minimum absolute atomic E-state index is 0.0573. The van der Waals surface area contributed by atoms with Crippen molar-refractivity contribution < 1.29 is 9.32 Å². The van der Waals surface area contributed by atoms with Crippen LogP contribution >= 0.6 is 23.2 Å². The number of carbonyl (C=O) groups excluding carboxylic acids is 1. The van der Waals surface area contributed by atoms with E-state index in [2.05, 4.69) is 46.2 Å². The van der Waals surface area contributed by atoms with E-state index >= 15 is 0 Å². The SMILES string of the molecule is CCN(Cc1nc(-c2ccc(Cl)cc2Cl)no1)C(=O)[C@@H]1CCCN(c2ccc(C)cc2)C1. The number of anilines is 1. The molecule has 1 aliphatic heterocycles. The first-order chi connectivity index (χ1) is 15.4. The first-order valence-electron chi connectivity index (χ1n) is 10.8. The summed E-state index contributed by atoms with van der Waals surface area (Å²) in [6.07, 6.45) is 1.87. The maximum absolute atomic E-state index is 13.3. The average molecular weight is 473 g/mol. The standard InChI is InChI=1S/C24H26Cl2N4O2/c1-3-29(15-22-27-23(28-32-22)20-11-8-18(25)13-21(20)26)24(31)17-5-4-12-30(14-17)19-9-6-16(2)7-10-19/h6-11,13,17H,3-5,12,14-15H2,1-2H3/t17-/m1/s1. The maximum atomic E-state index is 13.3. The van der Waals surface area contributed by atoms with Gasteiger partial charge in [-0.05, 0) is 57.0 Å². The van der Waals surface area contributed by atoms with Crippen LogP contribution in [-0.2, 0) is 11.3 Å². The number of nitrogens with zero attached hydrogens (tertiary/aromatic N) is 4. The number of amides is 1. The van der Waals surface area contributed by atoms with E-state index in [-0.39, 0.29) is 18.4 Å². The van der Waals surface area contributed by atoms with Gasteiger partial charge in [-0.2, -0.15) is 4.98 Å². The maximum Gasteiger partial charge on any atom is 0.246 e. The number of hydrogen-bond donors (Lipinski definition) is 0. The van der Waals surface area contributed by atoms with Crippen LogP contribution in [0.2, 0.25) is 10.0 Å². The highest BCUT2D eigenvalue weighted by Crippen LogP contribution is 2.29. The topological polar surface area (TPSA) is 62.5 Å². The number of aromatic nitrogens is 2. The highest BCUT2D eigenvalue weighted by molar-refractivity contribution is 6.36. The predicted octanol–water partition coefficient (Wildman–Crippen LogP) is 5.62. The van der Waals surface area contributed by atoms with E-state index in [0.29, 0.717) is 40.4 Å². The Morgan fingerprint density at radius 3 is 2.72 bits per heavy atom. The van der Waals surface area contributed by atoms with Gasteiger partial charge in [0.25, 0.3) is 0 Å². The first kappa shape index (κ1) is 22.6. The highest BCUT2D eigenvalue weighted by Gasteiger charge is 2.30. The summed E-state index contributed by atoms with van der Waals surface area (Å²) in [7, 11) is 0. The molecule has 1 aliphatic rings. The molecule has 1 aromatic heterocycles. The highest BCUT2D eigenvalue weighted by atomic mass is 35.5. The Morgan fingerprint density at radius 2 is 2.00 bits per heavy atom. The van der Waals surface area contributed by atoms with E-state index in [1.807, 2.05) is 6.92 Å². The van der Waals surface area contributed by atoms with Crippen molar-refractivity contribution in [2.24, 2.45) is 5.92 Å². The molecule has 1 atom stereocenters. The van der Waals surface area contributed by atoms with E-state index in [9.17, 15) is 4.79 Å². The van der Waals surface area contributed by atoms with E-state index in [1.54, 1.807) is 23.1 Å². The van der Waals surface area contributed by atoms with Crippen LogP contribution in [0.1, 0.15) is 31.2 Å². The van der Waals surface area contributed by atoms with Gasteiger partial charge in [0.15, 0.2) is 0 Å². The number of aryl methyl sites for hydroxylation is 1. The molecule has 2 aromatic carbocycles.